The summed E-state index contributed by atoms with van der Waals surface area (Å²) in [6.07, 6.45) is 1.52. The molecule has 6 nitrogen and oxygen atoms in total. The summed E-state index contributed by atoms with van der Waals surface area (Å²) in [7, 11) is -3.42. The number of pyridine rings is 1. The number of nitrogens with zero attached hydrogens (tertiary/aromatic N) is 4. The Labute approximate surface area is 152 Å². The van der Waals surface area contributed by atoms with Crippen molar-refractivity contribution in [3.05, 3.63) is 58.7 Å². The van der Waals surface area contributed by atoms with Gasteiger partial charge in [-0.1, -0.05) is 29.8 Å². The molecule has 0 radical (unpaired) electrons. The van der Waals surface area contributed by atoms with E-state index in [4.69, 9.17) is 16.9 Å². The van der Waals surface area contributed by atoms with E-state index in [9.17, 15) is 8.42 Å². The van der Waals surface area contributed by atoms with E-state index in [1.165, 1.54) is 10.5 Å². The van der Waals surface area contributed by atoms with E-state index in [2.05, 4.69) is 4.98 Å². The lowest BCUT2D eigenvalue weighted by Gasteiger charge is -2.34. The second-order valence-corrected chi connectivity index (χ2v) is 8.13. The molecule has 8 heteroatoms. The predicted molar refractivity (Wildman–Crippen MR) is 96.8 cm³/mol. The maximum atomic E-state index is 12.6. The Morgan fingerprint density at radius 2 is 1.84 bits per heavy atom. The second-order valence-electron chi connectivity index (χ2n) is 5.75. The second kappa shape index (κ2) is 7.40. The molecule has 0 atom stereocenters. The van der Waals surface area contributed by atoms with E-state index in [1.807, 2.05) is 11.0 Å². The lowest BCUT2D eigenvalue weighted by molar-refractivity contribution is 0.383. The molecule has 1 aromatic carbocycles. The van der Waals surface area contributed by atoms with E-state index in [-0.39, 0.29) is 5.75 Å². The van der Waals surface area contributed by atoms with Gasteiger partial charge < -0.3 is 4.90 Å². The lowest BCUT2D eigenvalue weighted by atomic mass is 10.2. The monoisotopic (exact) mass is 376 g/mol. The average molecular weight is 377 g/mol. The topological polar surface area (TPSA) is 77.3 Å². The highest BCUT2D eigenvalue weighted by Crippen LogP contribution is 2.21. The number of sulfonamides is 1. The first-order chi connectivity index (χ1) is 12.0. The van der Waals surface area contributed by atoms with Gasteiger partial charge in [-0.05, 0) is 23.8 Å². The highest BCUT2D eigenvalue weighted by Gasteiger charge is 2.28. The summed E-state index contributed by atoms with van der Waals surface area (Å²) in [5, 5.41) is 9.28. The molecule has 1 aliphatic heterocycles. The summed E-state index contributed by atoms with van der Waals surface area (Å²) in [6, 6.07) is 12.5. The summed E-state index contributed by atoms with van der Waals surface area (Å²) in [4.78, 5) is 6.27. The van der Waals surface area contributed by atoms with Crippen LogP contribution in [0.15, 0.2) is 42.6 Å². The molecule has 1 saturated heterocycles. The Balaban J connectivity index is 1.65. The van der Waals surface area contributed by atoms with Crippen LogP contribution in [0.1, 0.15) is 11.1 Å². The third-order valence-electron chi connectivity index (χ3n) is 4.13. The normalized spacial score (nSPS) is 15.8. The molecular formula is C17H17ClN4O2S. The van der Waals surface area contributed by atoms with Crippen LogP contribution in [-0.4, -0.2) is 43.9 Å². The summed E-state index contributed by atoms with van der Waals surface area (Å²) >= 11 is 6.07. The zero-order valence-electron chi connectivity index (χ0n) is 13.5. The molecule has 25 heavy (non-hydrogen) atoms. The largest absolute Gasteiger partial charge is 0.354 e. The van der Waals surface area contributed by atoms with Gasteiger partial charge in [-0.3, -0.25) is 0 Å². The van der Waals surface area contributed by atoms with Crippen LogP contribution in [0, 0.1) is 11.3 Å². The van der Waals surface area contributed by atoms with Crippen molar-refractivity contribution in [2.75, 3.05) is 31.1 Å². The number of aromatic nitrogens is 1. The SMILES string of the molecule is N#Cc1ccc(N2CCN(S(=O)(=O)Cc3ccccc3Cl)CC2)nc1. The minimum Gasteiger partial charge on any atom is -0.354 e. The maximum Gasteiger partial charge on any atom is 0.218 e. The molecule has 2 aromatic rings. The molecule has 1 fully saturated rings. The van der Waals surface area contributed by atoms with Crippen LogP contribution in [-0.2, 0) is 15.8 Å². The zero-order valence-corrected chi connectivity index (χ0v) is 15.0. The molecule has 0 bridgehead atoms. The molecule has 1 aliphatic rings. The molecule has 0 spiro atoms. The first-order valence-electron chi connectivity index (χ1n) is 7.82. The van der Waals surface area contributed by atoms with Crippen LogP contribution >= 0.6 is 11.6 Å². The highest BCUT2D eigenvalue weighted by atomic mass is 35.5. The Bertz CT molecular complexity index is 886. The van der Waals surface area contributed by atoms with E-state index < -0.39 is 10.0 Å². The van der Waals surface area contributed by atoms with Gasteiger partial charge in [-0.15, -0.1) is 0 Å². The van der Waals surface area contributed by atoms with Crippen LogP contribution in [0.4, 0.5) is 5.82 Å². The molecule has 130 valence electrons. The fourth-order valence-electron chi connectivity index (χ4n) is 2.74. The Hall–Kier alpha value is -2.14. The van der Waals surface area contributed by atoms with Gasteiger partial charge in [0.1, 0.15) is 11.9 Å². The lowest BCUT2D eigenvalue weighted by Crippen LogP contribution is -2.49. The van der Waals surface area contributed by atoms with Crippen molar-refractivity contribution in [3.63, 3.8) is 0 Å². The van der Waals surface area contributed by atoms with Gasteiger partial charge in [-0.25, -0.2) is 13.4 Å². The molecule has 1 aromatic heterocycles. The number of piperazine rings is 1. The van der Waals surface area contributed by atoms with E-state index in [0.717, 1.165) is 5.82 Å². The van der Waals surface area contributed by atoms with E-state index >= 15 is 0 Å². The summed E-state index contributed by atoms with van der Waals surface area (Å²) in [5.74, 6) is 0.657. The van der Waals surface area contributed by atoms with Gasteiger partial charge >= 0.3 is 0 Å². The summed E-state index contributed by atoms with van der Waals surface area (Å²) < 4.78 is 26.8. The van der Waals surface area contributed by atoms with Crippen LogP contribution in [0.3, 0.4) is 0 Å². The molecular weight excluding hydrogens is 360 g/mol. The number of hydrogen-bond donors (Lipinski definition) is 0. The number of nitriles is 1. The van der Waals surface area contributed by atoms with Crippen molar-refractivity contribution < 1.29 is 8.42 Å². The molecule has 2 heterocycles. The van der Waals surface area contributed by atoms with E-state index in [0.29, 0.717) is 42.3 Å². The molecule has 0 N–H and O–H groups in total. The quantitative estimate of drug-likeness (QED) is 0.817. The van der Waals surface area contributed by atoms with Crippen molar-refractivity contribution in [3.8, 4) is 6.07 Å². The number of anilines is 1. The van der Waals surface area contributed by atoms with Crippen molar-refractivity contribution in [1.29, 1.82) is 5.26 Å². The van der Waals surface area contributed by atoms with Crippen molar-refractivity contribution in [2.45, 2.75) is 5.75 Å². The minimum atomic E-state index is -3.42. The Kier molecular flexibility index (Phi) is 5.23. The fraction of sp³-hybridized carbons (Fsp3) is 0.294. The van der Waals surface area contributed by atoms with Crippen molar-refractivity contribution >= 4 is 27.4 Å². The third-order valence-corrected chi connectivity index (χ3v) is 6.33. The molecule has 0 aliphatic carbocycles. The standard InChI is InChI=1S/C17H17ClN4O2S/c18-16-4-2-1-3-15(16)13-25(23,24)22-9-7-21(8-10-22)17-6-5-14(11-19)12-20-17/h1-6,12H,7-10,13H2. The van der Waals surface area contributed by atoms with Gasteiger partial charge in [0.25, 0.3) is 0 Å². The number of hydrogen-bond acceptors (Lipinski definition) is 5. The van der Waals surface area contributed by atoms with Gasteiger partial charge in [0, 0.05) is 37.4 Å². The predicted octanol–water partition coefficient (Wildman–Crippen LogP) is 2.26. The molecule has 0 unspecified atom stereocenters. The molecule has 0 saturated carbocycles. The van der Waals surface area contributed by atoms with E-state index in [1.54, 1.807) is 36.4 Å². The van der Waals surface area contributed by atoms with Crippen molar-refractivity contribution in [1.82, 2.24) is 9.29 Å². The first kappa shape index (κ1) is 17.7. The summed E-state index contributed by atoms with van der Waals surface area (Å²) in [5.41, 5.74) is 1.12. The van der Waals surface area contributed by atoms with Crippen molar-refractivity contribution in [2.24, 2.45) is 0 Å². The van der Waals surface area contributed by atoms with Gasteiger partial charge in [-0.2, -0.15) is 9.57 Å². The fourth-order valence-corrected chi connectivity index (χ4v) is 4.57. The minimum absolute atomic E-state index is 0.0954. The number of rotatable bonds is 4. The van der Waals surface area contributed by atoms with Crippen LogP contribution in [0.25, 0.3) is 0 Å². The van der Waals surface area contributed by atoms with Crippen LogP contribution in [0.5, 0.6) is 0 Å². The van der Waals surface area contributed by atoms with Gasteiger partial charge in [0.2, 0.25) is 10.0 Å². The van der Waals surface area contributed by atoms with Crippen LogP contribution < -0.4 is 4.90 Å². The molecule has 0 amide bonds. The number of halogens is 1. The maximum absolute atomic E-state index is 12.6. The first-order valence-corrected chi connectivity index (χ1v) is 9.80. The Morgan fingerprint density at radius 1 is 1.12 bits per heavy atom. The third kappa shape index (κ3) is 4.10. The summed E-state index contributed by atoms with van der Waals surface area (Å²) in [6.45, 7) is 1.91. The zero-order chi connectivity index (χ0) is 17.9. The van der Waals surface area contributed by atoms with Gasteiger partial charge in [0.15, 0.2) is 0 Å². The Morgan fingerprint density at radius 3 is 2.44 bits per heavy atom. The molecule has 3 rings (SSSR count). The van der Waals surface area contributed by atoms with Crippen LogP contribution in [0.2, 0.25) is 5.02 Å². The average Bonchev–Trinajstić information content (AvgIpc) is 2.64. The smallest absolute Gasteiger partial charge is 0.218 e. The number of benzene rings is 1. The van der Waals surface area contributed by atoms with Gasteiger partial charge in [0.05, 0.1) is 11.3 Å². The highest BCUT2D eigenvalue weighted by molar-refractivity contribution is 7.88.